The molecular formula is C12H10F2N2O. The van der Waals surface area contributed by atoms with E-state index in [1.165, 1.54) is 6.07 Å². The Morgan fingerprint density at radius 3 is 2.94 bits per heavy atom. The first-order valence-electron chi connectivity index (χ1n) is 5.39. The van der Waals surface area contributed by atoms with Gasteiger partial charge < -0.3 is 9.84 Å². The molecule has 0 spiro atoms. The van der Waals surface area contributed by atoms with E-state index in [0.717, 1.165) is 36.4 Å². The second kappa shape index (κ2) is 3.92. The van der Waals surface area contributed by atoms with Crippen LogP contribution >= 0.6 is 0 Å². The molecule has 17 heavy (non-hydrogen) atoms. The third-order valence-electron chi connectivity index (χ3n) is 2.89. The van der Waals surface area contributed by atoms with Crippen molar-refractivity contribution in [2.24, 2.45) is 0 Å². The zero-order valence-corrected chi connectivity index (χ0v) is 8.96. The zero-order chi connectivity index (χ0) is 11.8. The molecule has 88 valence electrons. The van der Waals surface area contributed by atoms with Crippen molar-refractivity contribution in [3.8, 4) is 11.3 Å². The Kier molecular flexibility index (Phi) is 2.40. The molecule has 0 aliphatic carbocycles. The first kappa shape index (κ1) is 10.4. The minimum atomic E-state index is -0.872. The second-order valence-corrected chi connectivity index (χ2v) is 3.99. The summed E-state index contributed by atoms with van der Waals surface area (Å²) in [5, 5.41) is 7.13. The van der Waals surface area contributed by atoms with E-state index in [2.05, 4.69) is 10.5 Å². The predicted octanol–water partition coefficient (Wildman–Crippen LogP) is 2.27. The number of rotatable bonds is 1. The standard InChI is InChI=1S/C12H10F2N2O/c13-9-2-1-7(5-10(9)14)12-8-6-15-4-3-11(8)17-16-12/h1-2,5,15H,3-4,6H2. The summed E-state index contributed by atoms with van der Waals surface area (Å²) in [6.07, 6.45) is 0.770. The van der Waals surface area contributed by atoms with Crippen molar-refractivity contribution in [1.82, 2.24) is 10.5 Å². The van der Waals surface area contributed by atoms with Gasteiger partial charge in [-0.05, 0) is 18.2 Å². The van der Waals surface area contributed by atoms with Crippen LogP contribution in [-0.4, -0.2) is 11.7 Å². The van der Waals surface area contributed by atoms with Gasteiger partial charge in [0.15, 0.2) is 11.6 Å². The molecule has 0 saturated heterocycles. The maximum Gasteiger partial charge on any atom is 0.159 e. The molecule has 2 aromatic rings. The molecule has 1 N–H and O–H groups in total. The van der Waals surface area contributed by atoms with Gasteiger partial charge in [0.25, 0.3) is 0 Å². The van der Waals surface area contributed by atoms with Crippen LogP contribution in [0.25, 0.3) is 11.3 Å². The lowest BCUT2D eigenvalue weighted by Crippen LogP contribution is -2.22. The van der Waals surface area contributed by atoms with Crippen LogP contribution in [0, 0.1) is 11.6 Å². The summed E-state index contributed by atoms with van der Waals surface area (Å²) < 4.78 is 31.2. The van der Waals surface area contributed by atoms with Crippen LogP contribution in [0.3, 0.4) is 0 Å². The molecule has 0 amide bonds. The Morgan fingerprint density at radius 2 is 2.12 bits per heavy atom. The van der Waals surface area contributed by atoms with Gasteiger partial charge in [0.1, 0.15) is 11.5 Å². The van der Waals surface area contributed by atoms with Crippen LogP contribution in [0.2, 0.25) is 0 Å². The fourth-order valence-electron chi connectivity index (χ4n) is 2.01. The number of fused-ring (bicyclic) bond motifs is 1. The summed E-state index contributed by atoms with van der Waals surface area (Å²) in [5.41, 5.74) is 2.06. The molecule has 3 nitrogen and oxygen atoms in total. The smallest absolute Gasteiger partial charge is 0.159 e. The lowest BCUT2D eigenvalue weighted by atomic mass is 10.0. The van der Waals surface area contributed by atoms with Gasteiger partial charge in [-0.3, -0.25) is 0 Å². The number of hydrogen-bond acceptors (Lipinski definition) is 3. The Labute approximate surface area is 96.4 Å². The van der Waals surface area contributed by atoms with Gasteiger partial charge in [0.2, 0.25) is 0 Å². The van der Waals surface area contributed by atoms with Crippen molar-refractivity contribution < 1.29 is 13.3 Å². The molecule has 0 saturated carbocycles. The van der Waals surface area contributed by atoms with Crippen molar-refractivity contribution in [3.05, 3.63) is 41.2 Å². The van der Waals surface area contributed by atoms with Gasteiger partial charge in [0.05, 0.1) is 0 Å². The topological polar surface area (TPSA) is 38.1 Å². The summed E-state index contributed by atoms with van der Waals surface area (Å²) in [6.45, 7) is 1.49. The number of aromatic nitrogens is 1. The lowest BCUT2D eigenvalue weighted by Gasteiger charge is -2.11. The fraction of sp³-hybridized carbons (Fsp3) is 0.250. The minimum absolute atomic E-state index is 0.539. The van der Waals surface area contributed by atoms with Gasteiger partial charge in [-0.25, -0.2) is 8.78 Å². The normalized spacial score (nSPS) is 14.7. The van der Waals surface area contributed by atoms with Crippen molar-refractivity contribution in [3.63, 3.8) is 0 Å². The van der Waals surface area contributed by atoms with Gasteiger partial charge >= 0.3 is 0 Å². The van der Waals surface area contributed by atoms with Crippen molar-refractivity contribution >= 4 is 0 Å². The number of benzene rings is 1. The maximum atomic E-state index is 13.2. The minimum Gasteiger partial charge on any atom is -0.360 e. The Bertz CT molecular complexity index is 566. The van der Waals surface area contributed by atoms with Gasteiger partial charge in [-0.15, -0.1) is 0 Å². The van der Waals surface area contributed by atoms with Crippen LogP contribution in [0.15, 0.2) is 22.7 Å². The van der Waals surface area contributed by atoms with Gasteiger partial charge in [-0.2, -0.15) is 0 Å². The fourth-order valence-corrected chi connectivity index (χ4v) is 2.01. The molecule has 0 unspecified atom stereocenters. The zero-order valence-electron chi connectivity index (χ0n) is 8.96. The van der Waals surface area contributed by atoms with E-state index in [0.29, 0.717) is 17.8 Å². The third kappa shape index (κ3) is 1.72. The molecule has 1 aromatic heterocycles. The summed E-state index contributed by atoms with van der Waals surface area (Å²) in [4.78, 5) is 0. The van der Waals surface area contributed by atoms with E-state index in [-0.39, 0.29) is 0 Å². The van der Waals surface area contributed by atoms with Gasteiger partial charge in [0, 0.05) is 30.6 Å². The van der Waals surface area contributed by atoms with Crippen LogP contribution in [-0.2, 0) is 13.0 Å². The summed E-state index contributed by atoms with van der Waals surface area (Å²) >= 11 is 0. The van der Waals surface area contributed by atoms with E-state index in [4.69, 9.17) is 4.52 Å². The predicted molar refractivity (Wildman–Crippen MR) is 57.3 cm³/mol. The van der Waals surface area contributed by atoms with Crippen LogP contribution in [0.5, 0.6) is 0 Å². The molecule has 0 bridgehead atoms. The van der Waals surface area contributed by atoms with Crippen LogP contribution in [0.4, 0.5) is 8.78 Å². The molecular weight excluding hydrogens is 226 g/mol. The van der Waals surface area contributed by atoms with Crippen LogP contribution in [0.1, 0.15) is 11.3 Å². The third-order valence-corrected chi connectivity index (χ3v) is 2.89. The molecule has 1 aliphatic rings. The summed E-state index contributed by atoms with van der Waals surface area (Å²) in [7, 11) is 0. The van der Waals surface area contributed by atoms with E-state index >= 15 is 0 Å². The molecule has 2 heterocycles. The highest BCUT2D eigenvalue weighted by Crippen LogP contribution is 2.28. The maximum absolute atomic E-state index is 13.2. The highest BCUT2D eigenvalue weighted by atomic mass is 19.2. The van der Waals surface area contributed by atoms with Crippen molar-refractivity contribution in [2.75, 3.05) is 6.54 Å². The molecule has 3 rings (SSSR count). The summed E-state index contributed by atoms with van der Waals surface area (Å²) in [6, 6.07) is 3.75. The van der Waals surface area contributed by atoms with Crippen molar-refractivity contribution in [1.29, 1.82) is 0 Å². The quantitative estimate of drug-likeness (QED) is 0.825. The lowest BCUT2D eigenvalue weighted by molar-refractivity contribution is 0.374. The highest BCUT2D eigenvalue weighted by Gasteiger charge is 2.20. The molecule has 0 radical (unpaired) electrons. The monoisotopic (exact) mass is 236 g/mol. The number of hydrogen-bond donors (Lipinski definition) is 1. The van der Waals surface area contributed by atoms with E-state index in [9.17, 15) is 8.78 Å². The van der Waals surface area contributed by atoms with E-state index in [1.54, 1.807) is 0 Å². The second-order valence-electron chi connectivity index (χ2n) is 3.99. The Balaban J connectivity index is 2.09. The van der Waals surface area contributed by atoms with Gasteiger partial charge in [-0.1, -0.05) is 5.16 Å². The molecule has 5 heteroatoms. The van der Waals surface area contributed by atoms with E-state index < -0.39 is 11.6 Å². The SMILES string of the molecule is Fc1ccc(-c2noc3c2CNCC3)cc1F. The largest absolute Gasteiger partial charge is 0.360 e. The molecule has 0 fully saturated rings. The first-order valence-corrected chi connectivity index (χ1v) is 5.39. The Morgan fingerprint density at radius 1 is 1.24 bits per heavy atom. The van der Waals surface area contributed by atoms with E-state index in [1.807, 2.05) is 0 Å². The summed E-state index contributed by atoms with van der Waals surface area (Å²) in [5.74, 6) is -0.907. The number of nitrogens with zero attached hydrogens (tertiary/aromatic N) is 1. The average molecular weight is 236 g/mol. The molecule has 1 aromatic carbocycles. The highest BCUT2D eigenvalue weighted by molar-refractivity contribution is 5.63. The number of halogens is 2. The first-order chi connectivity index (χ1) is 8.25. The molecule has 1 aliphatic heterocycles. The number of nitrogens with one attached hydrogen (secondary N) is 1. The average Bonchev–Trinajstić information content (AvgIpc) is 2.76. The van der Waals surface area contributed by atoms with Crippen molar-refractivity contribution in [2.45, 2.75) is 13.0 Å². The van der Waals surface area contributed by atoms with Crippen LogP contribution < -0.4 is 5.32 Å². The molecule has 0 atom stereocenters. The Hall–Kier alpha value is -1.75.